The van der Waals surface area contributed by atoms with Gasteiger partial charge in [-0.25, -0.2) is 23.9 Å². The maximum atomic E-state index is 13.5. The third-order valence-corrected chi connectivity index (χ3v) is 8.00. The quantitative estimate of drug-likeness (QED) is 0.103. The van der Waals surface area contributed by atoms with Gasteiger partial charge < -0.3 is 23.7 Å². The van der Waals surface area contributed by atoms with Crippen LogP contribution in [-0.4, -0.2) is 73.8 Å². The average molecular weight is 667 g/mol. The molecule has 0 unspecified atom stereocenters. The molecule has 0 spiro atoms. The van der Waals surface area contributed by atoms with E-state index in [1.165, 1.54) is 18.0 Å². The van der Waals surface area contributed by atoms with Crippen molar-refractivity contribution in [3.63, 3.8) is 0 Å². The Balaban J connectivity index is 1.56. The molecule has 0 N–H and O–H groups in total. The molecular weight excluding hydrogens is 632 g/mol. The monoisotopic (exact) mass is 666 g/mol. The maximum absolute atomic E-state index is 13.5. The average Bonchev–Trinajstić information content (AvgIpc) is 3.68. The molecule has 3 aromatic carbocycles. The van der Waals surface area contributed by atoms with Gasteiger partial charge in [0.15, 0.2) is 24.1 Å². The van der Waals surface area contributed by atoms with Crippen molar-refractivity contribution in [1.29, 1.82) is 0 Å². The summed E-state index contributed by atoms with van der Waals surface area (Å²) in [6.45, 7) is 5.78. The second-order valence-electron chi connectivity index (χ2n) is 11.9. The Labute approximate surface area is 278 Å². The number of benzene rings is 3. The second-order valence-corrected chi connectivity index (χ2v) is 16.6. The highest BCUT2D eigenvalue weighted by atomic mass is 28.3. The molecule has 1 saturated heterocycles. The number of ether oxygens (including phenoxy) is 5. The lowest BCUT2D eigenvalue weighted by atomic mass is 10.1. The van der Waals surface area contributed by atoms with Crippen LogP contribution in [0.4, 0.5) is 0 Å². The van der Waals surface area contributed by atoms with Crippen LogP contribution in [0.25, 0.3) is 0 Å². The van der Waals surface area contributed by atoms with Gasteiger partial charge in [0, 0.05) is 6.20 Å². The fraction of sp³-hybridized carbons (Fsp3) is 0.250. The summed E-state index contributed by atoms with van der Waals surface area (Å²) in [5, 5.41) is 4.43. The number of esters is 4. The summed E-state index contributed by atoms with van der Waals surface area (Å²) in [5.74, 6) is 0.226. The van der Waals surface area contributed by atoms with Crippen molar-refractivity contribution in [1.82, 2.24) is 9.78 Å². The third kappa shape index (κ3) is 8.25. The predicted molar refractivity (Wildman–Crippen MR) is 176 cm³/mol. The molecule has 1 aliphatic heterocycles. The minimum Gasteiger partial charge on any atom is -0.464 e. The van der Waals surface area contributed by atoms with Crippen molar-refractivity contribution < 1.29 is 42.9 Å². The number of hydrogen-bond donors (Lipinski definition) is 0. The van der Waals surface area contributed by atoms with Crippen molar-refractivity contribution >= 4 is 32.0 Å². The number of hydrogen-bond acceptors (Lipinski definition) is 10. The smallest absolute Gasteiger partial charge is 0.359 e. The summed E-state index contributed by atoms with van der Waals surface area (Å²) in [5.41, 5.74) is 4.20. The van der Waals surface area contributed by atoms with Crippen LogP contribution in [0.5, 0.6) is 0 Å². The number of nitrogens with zero attached hydrogens (tertiary/aromatic N) is 2. The molecule has 12 heteroatoms. The van der Waals surface area contributed by atoms with Crippen LogP contribution in [0.1, 0.15) is 53.4 Å². The molecule has 4 aromatic rings. The van der Waals surface area contributed by atoms with E-state index >= 15 is 0 Å². The van der Waals surface area contributed by atoms with E-state index in [1.54, 1.807) is 91.0 Å². The number of methoxy groups -OCH3 is 1. The molecule has 0 aliphatic carbocycles. The van der Waals surface area contributed by atoms with E-state index in [2.05, 4.69) is 36.2 Å². The molecule has 246 valence electrons. The van der Waals surface area contributed by atoms with Crippen LogP contribution < -0.4 is 0 Å². The summed E-state index contributed by atoms with van der Waals surface area (Å²) in [4.78, 5) is 52.5. The standard InChI is InChI=1S/C36H34N2O9Si/c1-43-36(42)29-27(20-21-48(2,3)4)22-38(37-29)32-31(47-35(41)26-18-12-7-13-19-26)30(46-34(40)25-16-10-6-11-17-25)28(45-32)23-44-33(39)24-14-8-5-9-15-24/h5-19,22,28,30-32H,23H2,1-4H3/t28-,30-,31-,32-/m1/s1. The minimum absolute atomic E-state index is 0.0724. The number of aromatic nitrogens is 2. The molecule has 0 radical (unpaired) electrons. The van der Waals surface area contributed by atoms with E-state index in [9.17, 15) is 19.2 Å². The zero-order chi connectivity index (χ0) is 34.3. The predicted octanol–water partition coefficient (Wildman–Crippen LogP) is 5.10. The van der Waals surface area contributed by atoms with Crippen molar-refractivity contribution in [2.24, 2.45) is 0 Å². The number of rotatable bonds is 9. The molecule has 5 rings (SSSR count). The molecule has 0 amide bonds. The summed E-state index contributed by atoms with van der Waals surface area (Å²) in [6.07, 6.45) is -3.46. The largest absolute Gasteiger partial charge is 0.464 e. The molecule has 4 atom stereocenters. The van der Waals surface area contributed by atoms with Crippen molar-refractivity contribution in [3.05, 3.63) is 125 Å². The minimum atomic E-state index is -1.88. The fourth-order valence-corrected chi connectivity index (χ4v) is 5.30. The van der Waals surface area contributed by atoms with Gasteiger partial charge in [-0.05, 0) is 36.4 Å². The van der Waals surface area contributed by atoms with Crippen molar-refractivity contribution in [2.75, 3.05) is 13.7 Å². The Morgan fingerprint density at radius 1 is 0.750 bits per heavy atom. The summed E-state index contributed by atoms with van der Waals surface area (Å²) in [7, 11) is -0.656. The van der Waals surface area contributed by atoms with Gasteiger partial charge in [0.25, 0.3) is 0 Å². The van der Waals surface area contributed by atoms with Gasteiger partial charge in [-0.2, -0.15) is 5.10 Å². The zero-order valence-electron chi connectivity index (χ0n) is 26.8. The van der Waals surface area contributed by atoms with Crippen LogP contribution in [0.15, 0.2) is 97.2 Å². The molecule has 1 aliphatic rings. The fourth-order valence-electron chi connectivity index (χ4n) is 4.79. The zero-order valence-corrected chi connectivity index (χ0v) is 27.8. The van der Waals surface area contributed by atoms with Gasteiger partial charge in [-0.3, -0.25) is 0 Å². The Morgan fingerprint density at radius 3 is 1.75 bits per heavy atom. The molecule has 1 fully saturated rings. The lowest BCUT2D eigenvalue weighted by Gasteiger charge is -2.24. The van der Waals surface area contributed by atoms with Crippen molar-refractivity contribution in [2.45, 2.75) is 44.2 Å². The lowest BCUT2D eigenvalue weighted by Crippen LogP contribution is -2.41. The van der Waals surface area contributed by atoms with Gasteiger partial charge in [0.05, 0.1) is 29.4 Å². The Bertz CT molecular complexity index is 1830. The first-order valence-corrected chi connectivity index (χ1v) is 18.6. The van der Waals surface area contributed by atoms with Crippen LogP contribution >= 0.6 is 0 Å². The first-order chi connectivity index (χ1) is 23.0. The highest BCUT2D eigenvalue weighted by Gasteiger charge is 2.52. The lowest BCUT2D eigenvalue weighted by molar-refractivity contribution is -0.0672. The molecule has 48 heavy (non-hydrogen) atoms. The summed E-state index contributed by atoms with van der Waals surface area (Å²) in [6, 6.07) is 24.9. The first kappa shape index (κ1) is 33.8. The highest BCUT2D eigenvalue weighted by molar-refractivity contribution is 6.83. The Kier molecular flexibility index (Phi) is 10.5. The normalized spacial score (nSPS) is 18.6. The van der Waals surface area contributed by atoms with Gasteiger partial charge >= 0.3 is 23.9 Å². The van der Waals surface area contributed by atoms with Gasteiger partial charge in [-0.15, -0.1) is 5.54 Å². The van der Waals surface area contributed by atoms with E-state index in [0.717, 1.165) is 0 Å². The van der Waals surface area contributed by atoms with E-state index in [4.69, 9.17) is 23.7 Å². The molecule has 0 bridgehead atoms. The molecular formula is C36H34N2O9Si. The first-order valence-electron chi connectivity index (χ1n) is 15.1. The van der Waals surface area contributed by atoms with E-state index in [-0.39, 0.29) is 29.0 Å². The topological polar surface area (TPSA) is 132 Å². The molecule has 1 aromatic heterocycles. The Hall–Kier alpha value is -5.51. The van der Waals surface area contributed by atoms with Gasteiger partial charge in [0.2, 0.25) is 0 Å². The highest BCUT2D eigenvalue weighted by Crippen LogP contribution is 2.36. The van der Waals surface area contributed by atoms with Crippen LogP contribution in [0, 0.1) is 11.5 Å². The van der Waals surface area contributed by atoms with Gasteiger partial charge in [0.1, 0.15) is 20.8 Å². The van der Waals surface area contributed by atoms with Crippen LogP contribution in [0.2, 0.25) is 19.6 Å². The third-order valence-electron chi connectivity index (χ3n) is 7.12. The van der Waals surface area contributed by atoms with Crippen LogP contribution in [0.3, 0.4) is 0 Å². The molecule has 0 saturated carbocycles. The van der Waals surface area contributed by atoms with E-state index in [0.29, 0.717) is 5.56 Å². The SMILES string of the molecule is COC(=O)c1nn([C@@H]2O[C@H](COC(=O)c3ccccc3)[C@@H](OC(=O)c3ccccc3)[C@H]2OC(=O)c2ccccc2)cc1C#C[Si](C)(C)C. The van der Waals surface area contributed by atoms with E-state index < -0.39 is 56.5 Å². The van der Waals surface area contributed by atoms with E-state index in [1.807, 2.05) is 0 Å². The molecule has 11 nitrogen and oxygen atoms in total. The van der Waals surface area contributed by atoms with Gasteiger partial charge in [-0.1, -0.05) is 80.2 Å². The van der Waals surface area contributed by atoms with Crippen molar-refractivity contribution in [3.8, 4) is 11.5 Å². The summed E-state index contributed by atoms with van der Waals surface area (Å²) >= 11 is 0. The Morgan fingerprint density at radius 2 is 1.25 bits per heavy atom. The van der Waals surface area contributed by atoms with Crippen LogP contribution in [-0.2, 0) is 23.7 Å². The number of carbonyl (C=O) groups is 4. The molecule has 2 heterocycles. The second kappa shape index (κ2) is 14.9. The number of carbonyl (C=O) groups excluding carboxylic acids is 4. The maximum Gasteiger partial charge on any atom is 0.359 e. The summed E-state index contributed by atoms with van der Waals surface area (Å²) < 4.78 is 30.1.